The number of carbonyl (C=O) groups is 1. The van der Waals surface area contributed by atoms with E-state index in [0.717, 1.165) is 30.0 Å². The minimum absolute atomic E-state index is 0.0439. The Balaban J connectivity index is 1.80. The first-order valence-electron chi connectivity index (χ1n) is 8.64. The summed E-state index contributed by atoms with van der Waals surface area (Å²) in [4.78, 5) is 19.2. The van der Waals surface area contributed by atoms with E-state index in [-0.39, 0.29) is 11.3 Å². The van der Waals surface area contributed by atoms with Crippen molar-refractivity contribution >= 4 is 17.3 Å². The van der Waals surface area contributed by atoms with Crippen molar-refractivity contribution in [1.82, 2.24) is 4.98 Å². The van der Waals surface area contributed by atoms with Crippen molar-refractivity contribution in [3.63, 3.8) is 0 Å². The number of aromatic nitrogens is 1. The van der Waals surface area contributed by atoms with Crippen LogP contribution in [-0.2, 0) is 10.2 Å². The molecule has 2 heterocycles. The van der Waals surface area contributed by atoms with Crippen LogP contribution in [0.15, 0.2) is 42.7 Å². The maximum atomic E-state index is 12.7. The molecule has 1 N–H and O–H groups in total. The molecule has 5 heteroatoms. The molecule has 3 rings (SSSR count). The average Bonchev–Trinajstić information content (AvgIpc) is 2.62. The number of pyridine rings is 1. The molecule has 1 fully saturated rings. The number of benzene rings is 1. The SMILES string of the molecule is CC(C)(C)c1ccccc1NC(=O)c1cncc(N2CCOCC2)c1. The topological polar surface area (TPSA) is 54.5 Å². The molecule has 2 aromatic rings. The summed E-state index contributed by atoms with van der Waals surface area (Å²) in [7, 11) is 0. The lowest BCUT2D eigenvalue weighted by atomic mass is 9.86. The third-order valence-corrected chi connectivity index (χ3v) is 4.35. The first-order valence-corrected chi connectivity index (χ1v) is 8.64. The molecule has 1 aromatic heterocycles. The van der Waals surface area contributed by atoms with E-state index in [1.165, 1.54) is 0 Å². The van der Waals surface area contributed by atoms with Crippen molar-refractivity contribution in [1.29, 1.82) is 0 Å². The zero-order valence-corrected chi connectivity index (χ0v) is 15.1. The Bertz CT molecular complexity index is 747. The van der Waals surface area contributed by atoms with Crippen LogP contribution < -0.4 is 10.2 Å². The van der Waals surface area contributed by atoms with Gasteiger partial charge in [-0.3, -0.25) is 9.78 Å². The van der Waals surface area contributed by atoms with E-state index in [0.29, 0.717) is 18.8 Å². The van der Waals surface area contributed by atoms with Crippen LogP contribution in [0.5, 0.6) is 0 Å². The van der Waals surface area contributed by atoms with Crippen LogP contribution in [0.2, 0.25) is 0 Å². The van der Waals surface area contributed by atoms with Crippen molar-refractivity contribution in [2.75, 3.05) is 36.5 Å². The van der Waals surface area contributed by atoms with E-state index in [4.69, 9.17) is 4.74 Å². The van der Waals surface area contributed by atoms with Gasteiger partial charge in [0.2, 0.25) is 0 Å². The third kappa shape index (κ3) is 4.17. The van der Waals surface area contributed by atoms with Crippen LogP contribution >= 0.6 is 0 Å². The van der Waals surface area contributed by atoms with Gasteiger partial charge >= 0.3 is 0 Å². The maximum absolute atomic E-state index is 12.7. The van der Waals surface area contributed by atoms with Gasteiger partial charge in [-0.25, -0.2) is 0 Å². The summed E-state index contributed by atoms with van der Waals surface area (Å²) < 4.78 is 5.38. The average molecular weight is 339 g/mol. The van der Waals surface area contributed by atoms with Gasteiger partial charge in [-0.05, 0) is 23.1 Å². The number of para-hydroxylation sites is 1. The minimum atomic E-state index is -0.140. The number of ether oxygens (including phenoxy) is 1. The zero-order valence-electron chi connectivity index (χ0n) is 15.1. The lowest BCUT2D eigenvalue weighted by Crippen LogP contribution is -2.36. The predicted octanol–water partition coefficient (Wildman–Crippen LogP) is 3.47. The monoisotopic (exact) mass is 339 g/mol. The van der Waals surface area contributed by atoms with E-state index >= 15 is 0 Å². The van der Waals surface area contributed by atoms with Gasteiger partial charge in [0.25, 0.3) is 5.91 Å². The van der Waals surface area contributed by atoms with Crippen LogP contribution in [0.1, 0.15) is 36.7 Å². The fraction of sp³-hybridized carbons (Fsp3) is 0.400. The molecule has 25 heavy (non-hydrogen) atoms. The van der Waals surface area contributed by atoms with E-state index < -0.39 is 0 Å². The number of hydrogen-bond acceptors (Lipinski definition) is 4. The number of amides is 1. The van der Waals surface area contributed by atoms with Crippen LogP contribution in [0, 0.1) is 0 Å². The highest BCUT2D eigenvalue weighted by Crippen LogP contribution is 2.29. The first kappa shape index (κ1) is 17.4. The molecule has 0 unspecified atom stereocenters. The molecule has 0 radical (unpaired) electrons. The van der Waals surface area contributed by atoms with Crippen molar-refractivity contribution in [3.8, 4) is 0 Å². The molecular formula is C20H25N3O2. The standard InChI is InChI=1S/C20H25N3O2/c1-20(2,3)17-6-4-5-7-18(17)22-19(24)15-12-16(14-21-13-15)23-8-10-25-11-9-23/h4-7,12-14H,8-11H2,1-3H3,(H,22,24). The minimum Gasteiger partial charge on any atom is -0.378 e. The molecule has 132 valence electrons. The van der Waals surface area contributed by atoms with Gasteiger partial charge in [-0.15, -0.1) is 0 Å². The number of rotatable bonds is 3. The Morgan fingerprint density at radius 1 is 1.16 bits per heavy atom. The van der Waals surface area contributed by atoms with Gasteiger partial charge in [0.05, 0.1) is 30.7 Å². The van der Waals surface area contributed by atoms with Crippen LogP contribution in [-0.4, -0.2) is 37.2 Å². The van der Waals surface area contributed by atoms with Gasteiger partial charge in [0, 0.05) is 25.0 Å². The zero-order chi connectivity index (χ0) is 17.9. The van der Waals surface area contributed by atoms with Crippen molar-refractivity contribution < 1.29 is 9.53 Å². The van der Waals surface area contributed by atoms with Crippen molar-refractivity contribution in [2.24, 2.45) is 0 Å². The highest BCUT2D eigenvalue weighted by atomic mass is 16.5. The Morgan fingerprint density at radius 2 is 1.88 bits per heavy atom. The summed E-state index contributed by atoms with van der Waals surface area (Å²) in [6, 6.07) is 9.83. The smallest absolute Gasteiger partial charge is 0.257 e. The molecule has 0 bridgehead atoms. The number of carbonyl (C=O) groups excluding carboxylic acids is 1. The lowest BCUT2D eigenvalue weighted by Gasteiger charge is -2.28. The molecule has 1 aliphatic rings. The highest BCUT2D eigenvalue weighted by Gasteiger charge is 2.19. The number of anilines is 2. The van der Waals surface area contributed by atoms with Gasteiger partial charge in [0.15, 0.2) is 0 Å². The quantitative estimate of drug-likeness (QED) is 0.930. The second kappa shape index (κ2) is 7.23. The summed E-state index contributed by atoms with van der Waals surface area (Å²) >= 11 is 0. The molecule has 1 aromatic carbocycles. The van der Waals surface area contributed by atoms with Crippen LogP contribution in [0.3, 0.4) is 0 Å². The summed E-state index contributed by atoms with van der Waals surface area (Å²) in [5.74, 6) is -0.140. The summed E-state index contributed by atoms with van der Waals surface area (Å²) in [5.41, 5.74) is 3.43. The number of nitrogens with zero attached hydrogens (tertiary/aromatic N) is 2. The van der Waals surface area contributed by atoms with E-state index in [1.807, 2.05) is 24.3 Å². The Labute approximate surface area is 149 Å². The molecule has 1 saturated heterocycles. The largest absolute Gasteiger partial charge is 0.378 e. The molecule has 0 saturated carbocycles. The third-order valence-electron chi connectivity index (χ3n) is 4.35. The lowest BCUT2D eigenvalue weighted by molar-refractivity contribution is 0.102. The van der Waals surface area contributed by atoms with Gasteiger partial charge in [-0.1, -0.05) is 39.0 Å². The van der Waals surface area contributed by atoms with E-state index in [9.17, 15) is 4.79 Å². The Hall–Kier alpha value is -2.40. The summed E-state index contributed by atoms with van der Waals surface area (Å²) in [5, 5.41) is 3.04. The fourth-order valence-electron chi connectivity index (χ4n) is 2.99. The van der Waals surface area contributed by atoms with Crippen molar-refractivity contribution in [2.45, 2.75) is 26.2 Å². The Kier molecular flexibility index (Phi) is 5.04. The molecule has 0 spiro atoms. The predicted molar refractivity (Wildman–Crippen MR) is 100 cm³/mol. The van der Waals surface area contributed by atoms with Crippen LogP contribution in [0.4, 0.5) is 11.4 Å². The highest BCUT2D eigenvalue weighted by molar-refractivity contribution is 6.05. The molecular weight excluding hydrogens is 314 g/mol. The van der Waals surface area contributed by atoms with E-state index in [1.54, 1.807) is 12.4 Å². The Morgan fingerprint density at radius 3 is 2.60 bits per heavy atom. The normalized spacial score (nSPS) is 15.1. The second-order valence-electron chi connectivity index (χ2n) is 7.28. The fourth-order valence-corrected chi connectivity index (χ4v) is 2.99. The van der Waals surface area contributed by atoms with Gasteiger partial charge < -0.3 is 15.0 Å². The molecule has 5 nitrogen and oxygen atoms in total. The second-order valence-corrected chi connectivity index (χ2v) is 7.28. The van der Waals surface area contributed by atoms with Crippen LogP contribution in [0.25, 0.3) is 0 Å². The maximum Gasteiger partial charge on any atom is 0.257 e. The van der Waals surface area contributed by atoms with Gasteiger partial charge in [-0.2, -0.15) is 0 Å². The summed E-state index contributed by atoms with van der Waals surface area (Å²) in [6.45, 7) is 9.46. The number of hydrogen-bond donors (Lipinski definition) is 1. The van der Waals surface area contributed by atoms with Crippen molar-refractivity contribution in [3.05, 3.63) is 53.9 Å². The molecule has 1 aliphatic heterocycles. The number of nitrogens with one attached hydrogen (secondary N) is 1. The molecule has 1 amide bonds. The van der Waals surface area contributed by atoms with Gasteiger partial charge in [0.1, 0.15) is 0 Å². The number of morpholine rings is 1. The first-order chi connectivity index (χ1) is 11.9. The summed E-state index contributed by atoms with van der Waals surface area (Å²) in [6.07, 6.45) is 3.41. The molecule has 0 aliphatic carbocycles. The van der Waals surface area contributed by atoms with E-state index in [2.05, 4.69) is 42.0 Å². The molecule has 0 atom stereocenters.